The van der Waals surface area contributed by atoms with Crippen molar-refractivity contribution in [2.24, 2.45) is 5.92 Å². The van der Waals surface area contributed by atoms with Gasteiger partial charge in [0, 0.05) is 24.4 Å². The van der Waals surface area contributed by atoms with E-state index >= 15 is 0 Å². The molecule has 1 aromatic rings. The largest absolute Gasteiger partial charge is 0.466 e. The molecule has 0 radical (unpaired) electrons. The van der Waals surface area contributed by atoms with E-state index in [4.69, 9.17) is 16.3 Å². The molecule has 0 amide bonds. The van der Waals surface area contributed by atoms with E-state index in [-0.39, 0.29) is 5.97 Å². The van der Waals surface area contributed by atoms with Crippen molar-refractivity contribution in [3.8, 4) is 0 Å². The zero-order valence-corrected chi connectivity index (χ0v) is 12.2. The maximum Gasteiger partial charge on any atom is 0.302 e. The first kappa shape index (κ1) is 14.4. The summed E-state index contributed by atoms with van der Waals surface area (Å²) in [5, 5.41) is 0.758. The fourth-order valence-corrected chi connectivity index (χ4v) is 2.88. The fourth-order valence-electron chi connectivity index (χ4n) is 2.76. The summed E-state index contributed by atoms with van der Waals surface area (Å²) >= 11 is 5.94. The van der Waals surface area contributed by atoms with Gasteiger partial charge in [-0.3, -0.25) is 4.79 Å². The second-order valence-electron chi connectivity index (χ2n) is 5.27. The summed E-state index contributed by atoms with van der Waals surface area (Å²) in [5.74, 6) is 0.583. The monoisotopic (exact) mass is 281 g/mol. The topological polar surface area (TPSA) is 29.5 Å². The summed E-state index contributed by atoms with van der Waals surface area (Å²) in [4.78, 5) is 13.3. The maximum atomic E-state index is 11.0. The van der Waals surface area contributed by atoms with Crippen molar-refractivity contribution in [3.05, 3.63) is 34.9 Å². The molecule has 4 heteroatoms. The molecule has 0 aliphatic carbocycles. The fraction of sp³-hybridized carbons (Fsp3) is 0.533. The smallest absolute Gasteiger partial charge is 0.302 e. The number of ether oxygens (including phenoxy) is 1. The van der Waals surface area contributed by atoms with Crippen LogP contribution in [0.2, 0.25) is 5.02 Å². The highest BCUT2D eigenvalue weighted by Crippen LogP contribution is 2.33. The van der Waals surface area contributed by atoms with Gasteiger partial charge in [-0.05, 0) is 43.6 Å². The molecule has 0 N–H and O–H groups in total. The molecule has 1 heterocycles. The third-order valence-corrected chi connectivity index (χ3v) is 3.99. The van der Waals surface area contributed by atoms with Crippen LogP contribution in [0, 0.1) is 5.92 Å². The van der Waals surface area contributed by atoms with Gasteiger partial charge in [0.2, 0.25) is 0 Å². The predicted octanol–water partition coefficient (Wildman–Crippen LogP) is 2.94. The van der Waals surface area contributed by atoms with Gasteiger partial charge in [0.25, 0.3) is 0 Å². The Hall–Kier alpha value is -1.06. The second kappa shape index (κ2) is 6.40. The summed E-state index contributed by atoms with van der Waals surface area (Å²) < 4.78 is 5.21. The second-order valence-corrected chi connectivity index (χ2v) is 5.71. The van der Waals surface area contributed by atoms with E-state index in [9.17, 15) is 4.79 Å². The molecule has 2 rings (SSSR count). The molecule has 104 valence electrons. The molecule has 0 bridgehead atoms. The lowest BCUT2D eigenvalue weighted by atomic mass is 9.81. The zero-order valence-electron chi connectivity index (χ0n) is 11.4. The molecule has 19 heavy (non-hydrogen) atoms. The minimum atomic E-state index is -0.205. The normalized spacial score (nSPS) is 24.2. The van der Waals surface area contributed by atoms with Crippen LogP contribution < -0.4 is 0 Å². The van der Waals surface area contributed by atoms with E-state index < -0.39 is 0 Å². The lowest BCUT2D eigenvalue weighted by molar-refractivity contribution is -0.143. The Morgan fingerprint density at radius 1 is 1.42 bits per heavy atom. The number of rotatable bonds is 3. The van der Waals surface area contributed by atoms with Crippen LogP contribution in [0.1, 0.15) is 24.8 Å². The summed E-state index contributed by atoms with van der Waals surface area (Å²) in [7, 11) is 2.11. The molecule has 1 aliphatic heterocycles. The quantitative estimate of drug-likeness (QED) is 0.798. The van der Waals surface area contributed by atoms with Crippen LogP contribution in [-0.4, -0.2) is 37.6 Å². The van der Waals surface area contributed by atoms with Crippen molar-refractivity contribution in [3.63, 3.8) is 0 Å². The Bertz CT molecular complexity index is 432. The number of hydrogen-bond donors (Lipinski definition) is 0. The van der Waals surface area contributed by atoms with Crippen LogP contribution in [0.4, 0.5) is 0 Å². The Balaban J connectivity index is 2.10. The highest BCUT2D eigenvalue weighted by Gasteiger charge is 2.29. The standard InChI is InChI=1S/C15H20ClNO2/c1-11(18)19-10-13-9-17(2)8-7-15(13)12-3-5-14(16)6-4-12/h3-6,13,15H,7-10H2,1-2H3. The van der Waals surface area contributed by atoms with Gasteiger partial charge in [-0.25, -0.2) is 0 Å². The average molecular weight is 282 g/mol. The molecule has 0 aromatic heterocycles. The third kappa shape index (κ3) is 3.95. The van der Waals surface area contributed by atoms with Gasteiger partial charge in [-0.1, -0.05) is 23.7 Å². The van der Waals surface area contributed by atoms with E-state index in [0.717, 1.165) is 24.5 Å². The molecule has 0 saturated carbocycles. The number of hydrogen-bond acceptors (Lipinski definition) is 3. The first-order chi connectivity index (χ1) is 9.06. The first-order valence-corrected chi connectivity index (χ1v) is 7.01. The van der Waals surface area contributed by atoms with Crippen LogP contribution in [0.3, 0.4) is 0 Å². The molecular formula is C15H20ClNO2. The SMILES string of the molecule is CC(=O)OCC1CN(C)CCC1c1ccc(Cl)cc1. The highest BCUT2D eigenvalue weighted by molar-refractivity contribution is 6.30. The molecule has 1 fully saturated rings. The number of halogens is 1. The lowest BCUT2D eigenvalue weighted by Gasteiger charge is -2.36. The van der Waals surface area contributed by atoms with Crippen LogP contribution in [0.15, 0.2) is 24.3 Å². The molecule has 3 nitrogen and oxygen atoms in total. The summed E-state index contributed by atoms with van der Waals surface area (Å²) in [6.07, 6.45) is 1.09. The van der Waals surface area contributed by atoms with Crippen molar-refractivity contribution in [1.82, 2.24) is 4.90 Å². The minimum Gasteiger partial charge on any atom is -0.466 e. The number of likely N-dealkylation sites (tertiary alicyclic amines) is 1. The molecule has 0 spiro atoms. The number of piperidine rings is 1. The predicted molar refractivity (Wildman–Crippen MR) is 76.4 cm³/mol. The van der Waals surface area contributed by atoms with Gasteiger partial charge >= 0.3 is 5.97 Å². The van der Waals surface area contributed by atoms with Crippen molar-refractivity contribution in [1.29, 1.82) is 0 Å². The van der Waals surface area contributed by atoms with E-state index in [1.165, 1.54) is 12.5 Å². The van der Waals surface area contributed by atoms with E-state index in [1.807, 2.05) is 12.1 Å². The van der Waals surface area contributed by atoms with Crippen molar-refractivity contribution in [2.45, 2.75) is 19.3 Å². The van der Waals surface area contributed by atoms with E-state index in [2.05, 4.69) is 24.1 Å². The molecule has 2 unspecified atom stereocenters. The van der Waals surface area contributed by atoms with E-state index in [1.54, 1.807) is 0 Å². The van der Waals surface area contributed by atoms with Crippen LogP contribution in [-0.2, 0) is 9.53 Å². The minimum absolute atomic E-state index is 0.205. The summed E-state index contributed by atoms with van der Waals surface area (Å²) in [6, 6.07) is 8.02. The van der Waals surface area contributed by atoms with E-state index in [0.29, 0.717) is 18.4 Å². The Morgan fingerprint density at radius 2 is 2.11 bits per heavy atom. The van der Waals surface area contributed by atoms with Crippen molar-refractivity contribution in [2.75, 3.05) is 26.7 Å². The van der Waals surface area contributed by atoms with Gasteiger partial charge in [0.1, 0.15) is 0 Å². The van der Waals surface area contributed by atoms with Crippen molar-refractivity contribution >= 4 is 17.6 Å². The van der Waals surface area contributed by atoms with Crippen LogP contribution in [0.5, 0.6) is 0 Å². The number of carbonyl (C=O) groups excluding carboxylic acids is 1. The van der Waals surface area contributed by atoms with Gasteiger partial charge in [-0.15, -0.1) is 0 Å². The number of esters is 1. The van der Waals surface area contributed by atoms with Gasteiger partial charge < -0.3 is 9.64 Å². The summed E-state index contributed by atoms with van der Waals surface area (Å²) in [6.45, 7) is 3.99. The van der Waals surface area contributed by atoms with Gasteiger partial charge in [-0.2, -0.15) is 0 Å². The molecule has 1 aromatic carbocycles. The first-order valence-electron chi connectivity index (χ1n) is 6.63. The summed E-state index contributed by atoms with van der Waals surface area (Å²) in [5.41, 5.74) is 1.29. The molecule has 2 atom stereocenters. The van der Waals surface area contributed by atoms with Crippen LogP contribution in [0.25, 0.3) is 0 Å². The third-order valence-electron chi connectivity index (χ3n) is 3.74. The van der Waals surface area contributed by atoms with Crippen LogP contribution >= 0.6 is 11.6 Å². The molecular weight excluding hydrogens is 262 g/mol. The number of benzene rings is 1. The van der Waals surface area contributed by atoms with Crippen molar-refractivity contribution < 1.29 is 9.53 Å². The Labute approximate surface area is 119 Å². The van der Waals surface area contributed by atoms with Gasteiger partial charge in [0.05, 0.1) is 6.61 Å². The zero-order chi connectivity index (χ0) is 13.8. The maximum absolute atomic E-state index is 11.0. The number of carbonyl (C=O) groups is 1. The average Bonchev–Trinajstić information content (AvgIpc) is 2.38. The Kier molecular flexibility index (Phi) is 4.83. The molecule has 1 aliphatic rings. The lowest BCUT2D eigenvalue weighted by Crippen LogP contribution is -2.39. The number of nitrogens with zero attached hydrogens (tertiary/aromatic N) is 1. The Morgan fingerprint density at radius 3 is 2.74 bits per heavy atom. The van der Waals surface area contributed by atoms with Gasteiger partial charge in [0.15, 0.2) is 0 Å². The molecule has 1 saturated heterocycles. The highest BCUT2D eigenvalue weighted by atomic mass is 35.5.